The Hall–Kier alpha value is -7.52. The van der Waals surface area contributed by atoms with E-state index in [0.29, 0.717) is 0 Å². The summed E-state index contributed by atoms with van der Waals surface area (Å²) >= 11 is 1.86. The number of nitrogens with zero attached hydrogens (tertiary/aromatic N) is 1. The van der Waals surface area contributed by atoms with Crippen molar-refractivity contribution >= 4 is 59.3 Å². The first-order chi connectivity index (χ1) is 29.7. The molecule has 0 unspecified atom stereocenters. The molecule has 0 aliphatic heterocycles. The van der Waals surface area contributed by atoms with Gasteiger partial charge in [0.15, 0.2) is 0 Å². The summed E-state index contributed by atoms with van der Waals surface area (Å²) in [6.45, 7) is 0. The van der Waals surface area contributed by atoms with Gasteiger partial charge in [-0.3, -0.25) is 0 Å². The lowest BCUT2D eigenvalue weighted by molar-refractivity contribution is 1.30. The van der Waals surface area contributed by atoms with Crippen LogP contribution in [0.2, 0.25) is 0 Å². The van der Waals surface area contributed by atoms with E-state index in [2.05, 4.69) is 241 Å². The summed E-state index contributed by atoms with van der Waals surface area (Å²) in [6, 6.07) is 86.3. The van der Waals surface area contributed by atoms with Crippen molar-refractivity contribution in [3.8, 4) is 55.6 Å². The molecule has 0 aliphatic rings. The Morgan fingerprint density at radius 1 is 0.283 bits per heavy atom. The van der Waals surface area contributed by atoms with E-state index in [1.807, 2.05) is 11.3 Å². The molecule has 0 saturated carbocycles. The molecule has 0 atom stereocenters. The smallest absolute Gasteiger partial charge is 0.0555 e. The van der Waals surface area contributed by atoms with Gasteiger partial charge in [-0.05, 0) is 109 Å². The molecule has 11 rings (SSSR count). The fourth-order valence-electron chi connectivity index (χ4n) is 8.73. The van der Waals surface area contributed by atoms with E-state index in [-0.39, 0.29) is 0 Å². The minimum absolute atomic E-state index is 1.10. The fraction of sp³-hybridized carbons (Fsp3) is 0. The molecule has 11 aromatic rings. The first-order valence-corrected chi connectivity index (χ1v) is 21.3. The van der Waals surface area contributed by atoms with Gasteiger partial charge in [-0.2, -0.15) is 0 Å². The molecule has 0 spiro atoms. The number of fused-ring (bicyclic) bond motifs is 4. The van der Waals surface area contributed by atoms with E-state index in [4.69, 9.17) is 0 Å². The van der Waals surface area contributed by atoms with Crippen LogP contribution >= 0.6 is 11.3 Å². The van der Waals surface area contributed by atoms with Gasteiger partial charge in [-0.15, -0.1) is 11.3 Å². The Morgan fingerprint density at radius 2 is 0.817 bits per heavy atom. The maximum atomic E-state index is 2.49. The highest BCUT2D eigenvalue weighted by atomic mass is 32.1. The topological polar surface area (TPSA) is 3.24 Å². The minimum atomic E-state index is 1.10. The third kappa shape index (κ3) is 6.54. The predicted octanol–water partition coefficient (Wildman–Crippen LogP) is 17.0. The van der Waals surface area contributed by atoms with E-state index in [1.165, 1.54) is 86.6 Å². The quantitative estimate of drug-likeness (QED) is 0.148. The summed E-state index contributed by atoms with van der Waals surface area (Å²) in [7, 11) is 0. The molecular weight excluding hydrogens is 743 g/mol. The maximum absolute atomic E-state index is 2.49. The normalized spacial score (nSPS) is 11.3. The SMILES string of the molecule is c1ccc(-c2ccc(-c3ccc(N(c4cc(-c5ccc6ccccc6c5)ccc4-c4ccccc4)c4cccc5sc6ccccc6c45)cc3)cc2-c2ccccc2)cc1. The lowest BCUT2D eigenvalue weighted by Gasteiger charge is -2.29. The highest BCUT2D eigenvalue weighted by molar-refractivity contribution is 7.26. The summed E-state index contributed by atoms with van der Waals surface area (Å²) in [5, 5.41) is 5.01. The van der Waals surface area contributed by atoms with Gasteiger partial charge < -0.3 is 4.90 Å². The average molecular weight is 782 g/mol. The van der Waals surface area contributed by atoms with Crippen LogP contribution in [-0.4, -0.2) is 0 Å². The van der Waals surface area contributed by atoms with E-state index in [0.717, 1.165) is 17.1 Å². The van der Waals surface area contributed by atoms with Crippen LogP contribution in [0, 0.1) is 0 Å². The standard InChI is InChI=1S/C58H39NS/c1-4-16-42(17-5-1)50-35-31-47(38-53(50)44-20-8-3-9-21-44)41-29-33-49(34-30-41)59(54-24-14-26-57-58(54)52-23-12-13-25-56(52)60-57)55-39-48(32-36-51(55)43-18-6-2-7-19-43)46-28-27-40-15-10-11-22-45(40)37-46/h1-39H. The number of benzene rings is 10. The third-order valence-electron chi connectivity index (χ3n) is 11.7. The molecule has 60 heavy (non-hydrogen) atoms. The second-order valence-corrected chi connectivity index (χ2v) is 16.4. The maximum Gasteiger partial charge on any atom is 0.0555 e. The largest absolute Gasteiger partial charge is 0.309 e. The highest BCUT2D eigenvalue weighted by Crippen LogP contribution is 2.48. The van der Waals surface area contributed by atoms with Crippen LogP contribution in [0.4, 0.5) is 17.1 Å². The van der Waals surface area contributed by atoms with E-state index >= 15 is 0 Å². The molecule has 0 N–H and O–H groups in total. The fourth-order valence-corrected chi connectivity index (χ4v) is 9.86. The third-order valence-corrected chi connectivity index (χ3v) is 12.8. The summed E-state index contributed by atoms with van der Waals surface area (Å²) in [4.78, 5) is 2.49. The van der Waals surface area contributed by atoms with Crippen LogP contribution in [0.3, 0.4) is 0 Å². The van der Waals surface area contributed by atoms with Crippen molar-refractivity contribution in [1.29, 1.82) is 0 Å². The molecule has 0 saturated heterocycles. The molecule has 2 heteroatoms. The van der Waals surface area contributed by atoms with E-state index in [1.54, 1.807) is 0 Å². The van der Waals surface area contributed by atoms with Gasteiger partial charge in [0.05, 0.1) is 11.4 Å². The molecular formula is C58H39NS. The Kier molecular flexibility index (Phi) is 9.11. The van der Waals surface area contributed by atoms with Gasteiger partial charge in [-0.25, -0.2) is 0 Å². The number of thiophene rings is 1. The lowest BCUT2D eigenvalue weighted by Crippen LogP contribution is -2.12. The first kappa shape index (κ1) is 35.6. The van der Waals surface area contributed by atoms with Gasteiger partial charge in [0.1, 0.15) is 0 Å². The van der Waals surface area contributed by atoms with Crippen molar-refractivity contribution in [3.63, 3.8) is 0 Å². The number of hydrogen-bond donors (Lipinski definition) is 0. The van der Waals surface area contributed by atoms with Crippen LogP contribution in [0.15, 0.2) is 237 Å². The van der Waals surface area contributed by atoms with Crippen LogP contribution in [0.25, 0.3) is 86.6 Å². The van der Waals surface area contributed by atoms with Crippen LogP contribution < -0.4 is 4.90 Å². The molecule has 0 bridgehead atoms. The lowest BCUT2D eigenvalue weighted by atomic mass is 9.91. The van der Waals surface area contributed by atoms with Crippen molar-refractivity contribution in [2.24, 2.45) is 0 Å². The molecule has 1 heterocycles. The number of hydrogen-bond acceptors (Lipinski definition) is 2. The molecule has 0 amide bonds. The highest BCUT2D eigenvalue weighted by Gasteiger charge is 2.22. The van der Waals surface area contributed by atoms with Crippen molar-refractivity contribution < 1.29 is 0 Å². The molecule has 0 aliphatic carbocycles. The Bertz CT molecular complexity index is 3290. The Morgan fingerprint density at radius 3 is 1.55 bits per heavy atom. The molecule has 1 nitrogen and oxygen atoms in total. The zero-order valence-electron chi connectivity index (χ0n) is 32.9. The zero-order valence-corrected chi connectivity index (χ0v) is 33.7. The zero-order chi connectivity index (χ0) is 39.8. The number of rotatable bonds is 8. The predicted molar refractivity (Wildman–Crippen MR) is 259 cm³/mol. The van der Waals surface area contributed by atoms with Crippen molar-refractivity contribution in [2.75, 3.05) is 4.90 Å². The molecule has 0 radical (unpaired) electrons. The second-order valence-electron chi connectivity index (χ2n) is 15.3. The number of anilines is 3. The van der Waals surface area contributed by atoms with Gasteiger partial charge in [-0.1, -0.05) is 188 Å². The van der Waals surface area contributed by atoms with Crippen LogP contribution in [0.5, 0.6) is 0 Å². The van der Waals surface area contributed by atoms with Gasteiger partial charge in [0, 0.05) is 31.4 Å². The van der Waals surface area contributed by atoms with Crippen molar-refractivity contribution in [2.45, 2.75) is 0 Å². The van der Waals surface area contributed by atoms with Crippen molar-refractivity contribution in [1.82, 2.24) is 0 Å². The van der Waals surface area contributed by atoms with Crippen molar-refractivity contribution in [3.05, 3.63) is 237 Å². The van der Waals surface area contributed by atoms with Crippen LogP contribution in [-0.2, 0) is 0 Å². The summed E-state index contributed by atoms with van der Waals surface area (Å²) in [6.07, 6.45) is 0. The summed E-state index contributed by atoms with van der Waals surface area (Å²) in [5.41, 5.74) is 15.3. The minimum Gasteiger partial charge on any atom is -0.309 e. The Labute approximate surface area is 354 Å². The summed E-state index contributed by atoms with van der Waals surface area (Å²) < 4.78 is 2.56. The van der Waals surface area contributed by atoms with Crippen LogP contribution in [0.1, 0.15) is 0 Å². The second kappa shape index (κ2) is 15.3. The van der Waals surface area contributed by atoms with E-state index < -0.39 is 0 Å². The monoisotopic (exact) mass is 781 g/mol. The van der Waals surface area contributed by atoms with Gasteiger partial charge in [0.25, 0.3) is 0 Å². The first-order valence-electron chi connectivity index (χ1n) is 20.5. The summed E-state index contributed by atoms with van der Waals surface area (Å²) in [5.74, 6) is 0. The average Bonchev–Trinajstić information content (AvgIpc) is 3.72. The molecule has 1 aromatic heterocycles. The van der Waals surface area contributed by atoms with Gasteiger partial charge in [0.2, 0.25) is 0 Å². The molecule has 282 valence electrons. The molecule has 10 aromatic carbocycles. The van der Waals surface area contributed by atoms with E-state index in [9.17, 15) is 0 Å². The Balaban J connectivity index is 1.11. The van der Waals surface area contributed by atoms with Gasteiger partial charge >= 0.3 is 0 Å². The molecule has 0 fully saturated rings.